The second-order valence-electron chi connectivity index (χ2n) is 4.20. The highest BCUT2D eigenvalue weighted by Crippen LogP contribution is 2.25. The fourth-order valence-electron chi connectivity index (χ4n) is 2.07. The zero-order valence-corrected chi connectivity index (χ0v) is 9.61. The molecular formula is C13H18O3. The van der Waals surface area contributed by atoms with Gasteiger partial charge in [0.05, 0.1) is 6.61 Å². The van der Waals surface area contributed by atoms with Crippen molar-refractivity contribution in [2.24, 2.45) is 0 Å². The Morgan fingerprint density at radius 2 is 2.06 bits per heavy atom. The molecule has 1 atom stereocenters. The molecule has 1 unspecified atom stereocenters. The van der Waals surface area contributed by atoms with Crippen molar-refractivity contribution in [3.63, 3.8) is 0 Å². The van der Waals surface area contributed by atoms with E-state index in [9.17, 15) is 5.11 Å². The second kappa shape index (κ2) is 5.32. The van der Waals surface area contributed by atoms with Crippen LogP contribution in [0.2, 0.25) is 0 Å². The van der Waals surface area contributed by atoms with Crippen molar-refractivity contribution in [2.75, 3.05) is 20.3 Å². The molecule has 0 bridgehead atoms. The molecule has 2 rings (SSSR count). The van der Waals surface area contributed by atoms with Crippen molar-refractivity contribution >= 4 is 0 Å². The van der Waals surface area contributed by atoms with Crippen LogP contribution in [0.25, 0.3) is 0 Å². The monoisotopic (exact) mass is 222 g/mol. The first-order valence-electron chi connectivity index (χ1n) is 5.71. The van der Waals surface area contributed by atoms with E-state index in [-0.39, 0.29) is 6.61 Å². The number of aliphatic hydroxyl groups is 1. The van der Waals surface area contributed by atoms with Crippen molar-refractivity contribution in [3.8, 4) is 5.75 Å². The van der Waals surface area contributed by atoms with Gasteiger partial charge in [0, 0.05) is 7.11 Å². The maximum atomic E-state index is 9.45. The van der Waals surface area contributed by atoms with Gasteiger partial charge < -0.3 is 14.6 Å². The summed E-state index contributed by atoms with van der Waals surface area (Å²) in [5.41, 5.74) is 2.82. The summed E-state index contributed by atoms with van der Waals surface area (Å²) in [5, 5.41) is 9.45. The third-order valence-electron chi connectivity index (χ3n) is 2.87. The van der Waals surface area contributed by atoms with Crippen molar-refractivity contribution < 1.29 is 14.6 Å². The van der Waals surface area contributed by atoms with Gasteiger partial charge in [0.1, 0.15) is 18.5 Å². The van der Waals surface area contributed by atoms with E-state index in [0.717, 1.165) is 12.2 Å². The highest BCUT2D eigenvalue weighted by Gasteiger charge is 2.11. The van der Waals surface area contributed by atoms with E-state index < -0.39 is 6.10 Å². The van der Waals surface area contributed by atoms with Crippen molar-refractivity contribution in [1.29, 1.82) is 0 Å². The molecule has 0 fully saturated rings. The van der Waals surface area contributed by atoms with E-state index in [1.165, 1.54) is 24.0 Å². The fraction of sp³-hybridized carbons (Fsp3) is 0.538. The van der Waals surface area contributed by atoms with Crippen LogP contribution in [0.4, 0.5) is 0 Å². The van der Waals surface area contributed by atoms with Gasteiger partial charge >= 0.3 is 0 Å². The average molecular weight is 222 g/mol. The highest BCUT2D eigenvalue weighted by atomic mass is 16.5. The fourth-order valence-corrected chi connectivity index (χ4v) is 2.07. The summed E-state index contributed by atoms with van der Waals surface area (Å²) in [4.78, 5) is 0. The van der Waals surface area contributed by atoms with Crippen LogP contribution in [0.15, 0.2) is 18.2 Å². The Morgan fingerprint density at radius 3 is 2.88 bits per heavy atom. The Morgan fingerprint density at radius 1 is 1.25 bits per heavy atom. The third-order valence-corrected chi connectivity index (χ3v) is 2.87. The summed E-state index contributed by atoms with van der Waals surface area (Å²) in [6.07, 6.45) is 3.01. The average Bonchev–Trinajstić information content (AvgIpc) is 2.74. The molecule has 0 heterocycles. The lowest BCUT2D eigenvalue weighted by molar-refractivity contribution is 0.0325. The normalized spacial score (nSPS) is 15.9. The number of aryl methyl sites for hydroxylation is 2. The Kier molecular flexibility index (Phi) is 3.80. The van der Waals surface area contributed by atoms with Gasteiger partial charge in [-0.25, -0.2) is 0 Å². The molecule has 1 aliphatic carbocycles. The first-order valence-corrected chi connectivity index (χ1v) is 5.71. The minimum Gasteiger partial charge on any atom is -0.491 e. The van der Waals surface area contributed by atoms with Crippen LogP contribution < -0.4 is 4.74 Å². The number of benzene rings is 1. The number of aliphatic hydroxyl groups excluding tert-OH is 1. The minimum atomic E-state index is -0.557. The van der Waals surface area contributed by atoms with Crippen LogP contribution in [-0.2, 0) is 17.6 Å². The molecule has 0 saturated heterocycles. The lowest BCUT2D eigenvalue weighted by Crippen LogP contribution is -2.22. The molecular weight excluding hydrogens is 204 g/mol. The van der Waals surface area contributed by atoms with E-state index in [1.807, 2.05) is 6.07 Å². The molecule has 0 aliphatic heterocycles. The minimum absolute atomic E-state index is 0.284. The molecule has 3 nitrogen and oxygen atoms in total. The van der Waals surface area contributed by atoms with Crippen LogP contribution in [0.1, 0.15) is 17.5 Å². The molecule has 1 aliphatic rings. The van der Waals surface area contributed by atoms with Crippen molar-refractivity contribution in [1.82, 2.24) is 0 Å². The van der Waals surface area contributed by atoms with Gasteiger partial charge in [-0.15, -0.1) is 0 Å². The second-order valence-corrected chi connectivity index (χ2v) is 4.20. The summed E-state index contributed by atoms with van der Waals surface area (Å²) in [7, 11) is 1.57. The number of ether oxygens (including phenoxy) is 2. The molecule has 0 spiro atoms. The molecule has 16 heavy (non-hydrogen) atoms. The molecule has 0 amide bonds. The van der Waals surface area contributed by atoms with Gasteiger partial charge in [-0.3, -0.25) is 0 Å². The van der Waals surface area contributed by atoms with Crippen LogP contribution in [-0.4, -0.2) is 31.5 Å². The van der Waals surface area contributed by atoms with E-state index in [1.54, 1.807) is 7.11 Å². The Labute approximate surface area is 96.0 Å². The molecule has 88 valence electrons. The van der Waals surface area contributed by atoms with Crippen LogP contribution in [0.5, 0.6) is 5.75 Å². The van der Waals surface area contributed by atoms with Gasteiger partial charge in [-0.2, -0.15) is 0 Å². The first kappa shape index (κ1) is 11.4. The quantitative estimate of drug-likeness (QED) is 0.821. The van der Waals surface area contributed by atoms with Crippen LogP contribution in [0, 0.1) is 0 Å². The molecule has 1 aromatic rings. The molecule has 0 saturated carbocycles. The zero-order valence-electron chi connectivity index (χ0n) is 9.61. The largest absolute Gasteiger partial charge is 0.491 e. The van der Waals surface area contributed by atoms with Gasteiger partial charge in [-0.1, -0.05) is 6.07 Å². The number of methoxy groups -OCH3 is 1. The van der Waals surface area contributed by atoms with Gasteiger partial charge in [0.2, 0.25) is 0 Å². The lowest BCUT2D eigenvalue weighted by Gasteiger charge is -2.12. The standard InChI is InChI=1S/C13H18O3/c1-15-8-12(14)9-16-13-6-5-10-3-2-4-11(10)7-13/h5-7,12,14H,2-4,8-9H2,1H3. The number of rotatable bonds is 5. The molecule has 1 aromatic carbocycles. The number of fused-ring (bicyclic) bond motifs is 1. The summed E-state index contributed by atoms with van der Waals surface area (Å²) < 4.78 is 10.4. The van der Waals surface area contributed by atoms with Crippen molar-refractivity contribution in [3.05, 3.63) is 29.3 Å². The third kappa shape index (κ3) is 2.74. The summed E-state index contributed by atoms with van der Waals surface area (Å²) in [6.45, 7) is 0.595. The van der Waals surface area contributed by atoms with Gasteiger partial charge in [-0.05, 0) is 42.5 Å². The summed E-state index contributed by atoms with van der Waals surface area (Å²) in [5.74, 6) is 0.843. The molecule has 0 aromatic heterocycles. The first-order chi connectivity index (χ1) is 7.79. The molecule has 3 heteroatoms. The van der Waals surface area contributed by atoms with Crippen molar-refractivity contribution in [2.45, 2.75) is 25.4 Å². The Balaban J connectivity index is 1.90. The summed E-state index contributed by atoms with van der Waals surface area (Å²) in [6, 6.07) is 6.19. The predicted octanol–water partition coefficient (Wildman–Crippen LogP) is 1.56. The zero-order chi connectivity index (χ0) is 11.4. The van der Waals surface area contributed by atoms with E-state index >= 15 is 0 Å². The predicted molar refractivity (Wildman–Crippen MR) is 61.8 cm³/mol. The van der Waals surface area contributed by atoms with E-state index in [0.29, 0.717) is 6.61 Å². The van der Waals surface area contributed by atoms with Gasteiger partial charge in [0.15, 0.2) is 0 Å². The maximum absolute atomic E-state index is 9.45. The van der Waals surface area contributed by atoms with Crippen LogP contribution in [0.3, 0.4) is 0 Å². The number of hydrogen-bond donors (Lipinski definition) is 1. The Bertz CT molecular complexity index is 349. The van der Waals surface area contributed by atoms with E-state index in [2.05, 4.69) is 12.1 Å². The highest BCUT2D eigenvalue weighted by molar-refractivity contribution is 5.38. The maximum Gasteiger partial charge on any atom is 0.119 e. The summed E-state index contributed by atoms with van der Waals surface area (Å²) >= 11 is 0. The molecule has 0 radical (unpaired) electrons. The smallest absolute Gasteiger partial charge is 0.119 e. The number of hydrogen-bond acceptors (Lipinski definition) is 3. The Hall–Kier alpha value is -1.06. The van der Waals surface area contributed by atoms with Crippen LogP contribution >= 0.6 is 0 Å². The lowest BCUT2D eigenvalue weighted by atomic mass is 10.1. The molecule has 1 N–H and O–H groups in total. The SMILES string of the molecule is COCC(O)COc1ccc2c(c1)CCC2. The van der Waals surface area contributed by atoms with Gasteiger partial charge in [0.25, 0.3) is 0 Å². The topological polar surface area (TPSA) is 38.7 Å². The van der Waals surface area contributed by atoms with E-state index in [4.69, 9.17) is 9.47 Å².